The Bertz CT molecular complexity index is 642. The number of benzene rings is 1. The van der Waals surface area contributed by atoms with E-state index < -0.39 is 30.3 Å². The minimum Gasteiger partial charge on any atom is -0.354 e. The second kappa shape index (κ2) is 7.72. The van der Waals surface area contributed by atoms with Crippen molar-refractivity contribution in [2.75, 3.05) is 19.6 Å². The summed E-state index contributed by atoms with van der Waals surface area (Å²) in [6.45, 7) is 3.79. The van der Waals surface area contributed by atoms with Crippen LogP contribution in [0.5, 0.6) is 0 Å². The van der Waals surface area contributed by atoms with Crippen LogP contribution >= 0.6 is 0 Å². The predicted octanol–water partition coefficient (Wildman–Crippen LogP) is 0.792. The molecule has 1 aliphatic heterocycles. The van der Waals surface area contributed by atoms with Gasteiger partial charge in [-0.1, -0.05) is 44.2 Å². The van der Waals surface area contributed by atoms with Gasteiger partial charge in [-0.25, -0.2) is 9.69 Å². The number of nitrogens with zero attached hydrogens (tertiary/aromatic N) is 2. The highest BCUT2D eigenvalue weighted by atomic mass is 16.2. The predicted molar refractivity (Wildman–Crippen MR) is 86.8 cm³/mol. The fourth-order valence-corrected chi connectivity index (χ4v) is 2.41. The van der Waals surface area contributed by atoms with E-state index in [4.69, 9.17) is 0 Å². The Morgan fingerprint density at radius 1 is 1.04 bits per heavy atom. The largest absolute Gasteiger partial charge is 0.354 e. The van der Waals surface area contributed by atoms with Crippen molar-refractivity contribution < 1.29 is 19.2 Å². The first-order valence-electron chi connectivity index (χ1n) is 7.88. The Morgan fingerprint density at radius 2 is 1.67 bits per heavy atom. The second-order valence-corrected chi connectivity index (χ2v) is 6.07. The molecule has 1 N–H and O–H groups in total. The minimum atomic E-state index is -0.946. The molecule has 0 atom stereocenters. The van der Waals surface area contributed by atoms with Crippen molar-refractivity contribution >= 4 is 23.8 Å². The Morgan fingerprint density at radius 3 is 2.29 bits per heavy atom. The molecule has 0 unspecified atom stereocenters. The third kappa shape index (κ3) is 4.18. The molecule has 0 bridgehead atoms. The van der Waals surface area contributed by atoms with Gasteiger partial charge in [0.15, 0.2) is 0 Å². The molecule has 7 heteroatoms. The fourth-order valence-electron chi connectivity index (χ4n) is 2.41. The normalized spacial score (nSPS) is 14.7. The maximum Gasteiger partial charge on any atom is 0.334 e. The molecular weight excluding hydrogens is 310 g/mol. The summed E-state index contributed by atoms with van der Waals surface area (Å²) in [6, 6.07) is 8.90. The van der Waals surface area contributed by atoms with Crippen molar-refractivity contribution in [1.29, 1.82) is 0 Å². The monoisotopic (exact) mass is 331 g/mol. The molecule has 128 valence electrons. The van der Waals surface area contributed by atoms with Crippen molar-refractivity contribution in [1.82, 2.24) is 15.1 Å². The van der Waals surface area contributed by atoms with E-state index in [1.165, 1.54) is 0 Å². The van der Waals surface area contributed by atoms with E-state index in [-0.39, 0.29) is 12.5 Å². The van der Waals surface area contributed by atoms with E-state index in [2.05, 4.69) is 5.32 Å². The van der Waals surface area contributed by atoms with Gasteiger partial charge in [0, 0.05) is 13.1 Å². The highest BCUT2D eigenvalue weighted by Crippen LogP contribution is 2.13. The molecule has 0 spiro atoms. The number of carbonyl (C=O) groups excluding carboxylic acids is 4. The lowest BCUT2D eigenvalue weighted by Crippen LogP contribution is -2.42. The summed E-state index contributed by atoms with van der Waals surface area (Å²) in [5, 5.41) is 2.65. The summed E-state index contributed by atoms with van der Waals surface area (Å²) in [4.78, 5) is 49.3. The number of rotatable bonds is 7. The number of nitrogens with one attached hydrogen (secondary N) is 1. The topological polar surface area (TPSA) is 86.8 Å². The SMILES string of the molecule is CC(C)CN1C(=O)C(=O)N(CC(=O)NCCc2ccccc2)C1=O. The van der Waals surface area contributed by atoms with Crippen LogP contribution in [0.15, 0.2) is 30.3 Å². The fraction of sp³-hybridized carbons (Fsp3) is 0.412. The van der Waals surface area contributed by atoms with Gasteiger partial charge in [0.1, 0.15) is 6.54 Å². The third-order valence-corrected chi connectivity index (χ3v) is 3.56. The van der Waals surface area contributed by atoms with E-state index in [0.29, 0.717) is 17.9 Å². The quantitative estimate of drug-likeness (QED) is 0.591. The van der Waals surface area contributed by atoms with Gasteiger partial charge in [-0.15, -0.1) is 0 Å². The Hall–Kier alpha value is -2.70. The first kappa shape index (κ1) is 17.7. The molecule has 1 heterocycles. The number of amides is 5. The van der Waals surface area contributed by atoms with Crippen molar-refractivity contribution in [3.8, 4) is 0 Å². The van der Waals surface area contributed by atoms with E-state index >= 15 is 0 Å². The van der Waals surface area contributed by atoms with Crippen molar-refractivity contribution in [2.24, 2.45) is 5.92 Å². The molecule has 7 nitrogen and oxygen atoms in total. The second-order valence-electron chi connectivity index (χ2n) is 6.07. The van der Waals surface area contributed by atoms with Gasteiger partial charge >= 0.3 is 17.8 Å². The Kier molecular flexibility index (Phi) is 5.68. The van der Waals surface area contributed by atoms with Crippen LogP contribution in [-0.4, -0.2) is 53.2 Å². The van der Waals surface area contributed by atoms with Gasteiger partial charge in [-0.05, 0) is 17.9 Å². The van der Waals surface area contributed by atoms with Gasteiger partial charge in [0.25, 0.3) is 0 Å². The standard InChI is InChI=1S/C17H21N3O4/c1-12(2)10-19-15(22)16(23)20(17(19)24)11-14(21)18-9-8-13-6-4-3-5-7-13/h3-7,12H,8-11H2,1-2H3,(H,18,21). The van der Waals surface area contributed by atoms with Crippen LogP contribution in [0.1, 0.15) is 19.4 Å². The molecule has 1 aromatic rings. The number of hydrogen-bond donors (Lipinski definition) is 1. The summed E-state index contributed by atoms with van der Waals surface area (Å²) in [5.41, 5.74) is 1.07. The number of imide groups is 2. The lowest BCUT2D eigenvalue weighted by atomic mass is 10.1. The summed E-state index contributed by atoms with van der Waals surface area (Å²) in [5.74, 6) is -2.23. The molecule has 1 fully saturated rings. The Labute approximate surface area is 140 Å². The van der Waals surface area contributed by atoms with Crippen LogP contribution in [-0.2, 0) is 20.8 Å². The number of urea groups is 1. The molecule has 1 aliphatic rings. The molecule has 5 amide bonds. The zero-order valence-corrected chi connectivity index (χ0v) is 13.8. The molecule has 0 saturated carbocycles. The van der Waals surface area contributed by atoms with E-state index in [0.717, 1.165) is 10.5 Å². The van der Waals surface area contributed by atoms with Crippen LogP contribution in [0.4, 0.5) is 4.79 Å². The average molecular weight is 331 g/mol. The lowest BCUT2D eigenvalue weighted by Gasteiger charge is -2.16. The first-order chi connectivity index (χ1) is 11.4. The molecule has 1 aromatic carbocycles. The van der Waals surface area contributed by atoms with E-state index in [9.17, 15) is 19.2 Å². The molecule has 0 aromatic heterocycles. The average Bonchev–Trinajstić information content (AvgIpc) is 2.73. The summed E-state index contributed by atoms with van der Waals surface area (Å²) >= 11 is 0. The van der Waals surface area contributed by atoms with Gasteiger partial charge < -0.3 is 5.32 Å². The molecule has 0 radical (unpaired) electrons. The van der Waals surface area contributed by atoms with Crippen LogP contribution < -0.4 is 5.32 Å². The molecule has 2 rings (SSSR count). The van der Waals surface area contributed by atoms with Gasteiger partial charge in [0.05, 0.1) is 0 Å². The summed E-state index contributed by atoms with van der Waals surface area (Å²) < 4.78 is 0. The number of carbonyl (C=O) groups is 4. The lowest BCUT2D eigenvalue weighted by molar-refractivity contribution is -0.144. The summed E-state index contributed by atoms with van der Waals surface area (Å²) in [6.07, 6.45) is 0.646. The van der Waals surface area contributed by atoms with Gasteiger partial charge in [0.2, 0.25) is 5.91 Å². The number of hydrogen-bond acceptors (Lipinski definition) is 4. The van der Waals surface area contributed by atoms with Gasteiger partial charge in [-0.2, -0.15) is 0 Å². The minimum absolute atomic E-state index is 0.0466. The van der Waals surface area contributed by atoms with E-state index in [1.807, 2.05) is 44.2 Å². The molecular formula is C17H21N3O4. The maximum absolute atomic E-state index is 12.1. The highest BCUT2D eigenvalue weighted by Gasteiger charge is 2.45. The van der Waals surface area contributed by atoms with Crippen molar-refractivity contribution in [3.63, 3.8) is 0 Å². The molecule has 24 heavy (non-hydrogen) atoms. The van der Waals surface area contributed by atoms with Crippen LogP contribution in [0.2, 0.25) is 0 Å². The van der Waals surface area contributed by atoms with Crippen LogP contribution in [0.25, 0.3) is 0 Å². The van der Waals surface area contributed by atoms with Crippen molar-refractivity contribution in [2.45, 2.75) is 20.3 Å². The van der Waals surface area contributed by atoms with Gasteiger partial charge in [-0.3, -0.25) is 19.3 Å². The van der Waals surface area contributed by atoms with Crippen molar-refractivity contribution in [3.05, 3.63) is 35.9 Å². The third-order valence-electron chi connectivity index (χ3n) is 3.56. The maximum atomic E-state index is 12.1. The Balaban J connectivity index is 1.86. The smallest absolute Gasteiger partial charge is 0.334 e. The summed E-state index contributed by atoms with van der Waals surface area (Å²) in [7, 11) is 0. The molecule has 1 saturated heterocycles. The first-order valence-corrected chi connectivity index (χ1v) is 7.88. The van der Waals surface area contributed by atoms with Crippen LogP contribution in [0.3, 0.4) is 0 Å². The zero-order valence-electron chi connectivity index (χ0n) is 13.8. The molecule has 0 aliphatic carbocycles. The zero-order chi connectivity index (χ0) is 17.7. The van der Waals surface area contributed by atoms with E-state index in [1.54, 1.807) is 0 Å². The highest BCUT2D eigenvalue weighted by molar-refractivity contribution is 6.45. The van der Waals surface area contributed by atoms with Crippen LogP contribution in [0, 0.1) is 5.92 Å².